The van der Waals surface area contributed by atoms with Gasteiger partial charge < -0.3 is 4.90 Å². The zero-order valence-corrected chi connectivity index (χ0v) is 15.9. The summed E-state index contributed by atoms with van der Waals surface area (Å²) in [5.41, 5.74) is 0.665. The van der Waals surface area contributed by atoms with E-state index in [1.54, 1.807) is 4.57 Å². The van der Waals surface area contributed by atoms with Crippen molar-refractivity contribution in [3.8, 4) is 0 Å². The quantitative estimate of drug-likeness (QED) is 0.606. The van der Waals surface area contributed by atoms with Gasteiger partial charge in [-0.3, -0.25) is 14.2 Å². The van der Waals surface area contributed by atoms with Crippen LogP contribution in [0.15, 0.2) is 34.2 Å². The topological polar surface area (TPSA) is 55.2 Å². The van der Waals surface area contributed by atoms with Gasteiger partial charge in [-0.2, -0.15) is 0 Å². The molecular weight excluding hydrogens is 334 g/mol. The van der Waals surface area contributed by atoms with Crippen molar-refractivity contribution in [3.05, 3.63) is 34.6 Å². The number of hydrogen-bond donors (Lipinski definition) is 0. The highest BCUT2D eigenvalue weighted by atomic mass is 32.2. The molecule has 0 spiro atoms. The van der Waals surface area contributed by atoms with Gasteiger partial charge in [-0.05, 0) is 45.2 Å². The number of carbonyl (C=O) groups is 1. The van der Waals surface area contributed by atoms with E-state index in [1.807, 2.05) is 43.0 Å². The highest BCUT2D eigenvalue weighted by Crippen LogP contribution is 2.27. The van der Waals surface area contributed by atoms with E-state index in [-0.39, 0.29) is 22.8 Å². The maximum atomic E-state index is 13.0. The third-order valence-electron chi connectivity index (χ3n) is 4.85. The lowest BCUT2D eigenvalue weighted by Crippen LogP contribution is -2.35. The minimum Gasteiger partial charge on any atom is -0.342 e. The number of fused-ring (bicyclic) bond motifs is 1. The Morgan fingerprint density at radius 3 is 2.60 bits per heavy atom. The largest absolute Gasteiger partial charge is 0.342 e. The lowest BCUT2D eigenvalue weighted by atomic mass is 10.2. The number of thioether (sulfide) groups is 1. The van der Waals surface area contributed by atoms with Crippen LogP contribution < -0.4 is 5.56 Å². The van der Waals surface area contributed by atoms with E-state index < -0.39 is 0 Å². The molecule has 0 unspecified atom stereocenters. The second-order valence-electron chi connectivity index (χ2n) is 6.64. The summed E-state index contributed by atoms with van der Waals surface area (Å²) >= 11 is 1.40. The van der Waals surface area contributed by atoms with Gasteiger partial charge in [0.15, 0.2) is 5.16 Å². The average molecular weight is 359 g/mol. The van der Waals surface area contributed by atoms with Crippen molar-refractivity contribution in [2.45, 2.75) is 56.5 Å². The fraction of sp³-hybridized carbons (Fsp3) is 0.526. The van der Waals surface area contributed by atoms with Crippen LogP contribution in [-0.4, -0.2) is 38.7 Å². The Morgan fingerprint density at radius 1 is 1.24 bits per heavy atom. The highest BCUT2D eigenvalue weighted by molar-refractivity contribution is 8.00. The molecule has 6 heteroatoms. The minimum absolute atomic E-state index is 0.0247. The Labute approximate surface area is 152 Å². The maximum Gasteiger partial charge on any atom is 0.262 e. The smallest absolute Gasteiger partial charge is 0.262 e. The van der Waals surface area contributed by atoms with Crippen LogP contribution in [-0.2, 0) is 4.79 Å². The fourth-order valence-electron chi connectivity index (χ4n) is 3.18. The van der Waals surface area contributed by atoms with Crippen molar-refractivity contribution in [1.29, 1.82) is 0 Å². The Balaban J connectivity index is 1.99. The molecule has 2 heterocycles. The lowest BCUT2D eigenvalue weighted by Gasteiger charge is -2.22. The van der Waals surface area contributed by atoms with Crippen molar-refractivity contribution in [3.63, 3.8) is 0 Å². The monoisotopic (exact) mass is 359 g/mol. The van der Waals surface area contributed by atoms with Crippen molar-refractivity contribution in [2.75, 3.05) is 13.1 Å². The van der Waals surface area contributed by atoms with Gasteiger partial charge in [0.05, 0.1) is 16.2 Å². The zero-order chi connectivity index (χ0) is 18.0. The highest BCUT2D eigenvalue weighted by Gasteiger charge is 2.26. The lowest BCUT2D eigenvalue weighted by molar-refractivity contribution is -0.129. The summed E-state index contributed by atoms with van der Waals surface area (Å²) in [6.45, 7) is 7.67. The summed E-state index contributed by atoms with van der Waals surface area (Å²) < 4.78 is 1.75. The summed E-state index contributed by atoms with van der Waals surface area (Å²) in [5, 5.41) is 1.02. The standard InChI is InChI=1S/C19H25N3O2S/c1-4-13(2)22-18(24)15-9-5-6-10-16(15)20-19(22)25-14(3)17(23)21-11-7-8-12-21/h5-6,9-10,13-14H,4,7-8,11-12H2,1-3H3/t13-,14-/m1/s1. The van der Waals surface area contributed by atoms with Gasteiger partial charge in [-0.25, -0.2) is 4.98 Å². The van der Waals surface area contributed by atoms with Crippen molar-refractivity contribution < 1.29 is 4.79 Å². The van der Waals surface area contributed by atoms with Gasteiger partial charge >= 0.3 is 0 Å². The molecule has 0 bridgehead atoms. The first-order chi connectivity index (χ1) is 12.0. The van der Waals surface area contributed by atoms with Crippen molar-refractivity contribution >= 4 is 28.6 Å². The molecule has 2 atom stereocenters. The zero-order valence-electron chi connectivity index (χ0n) is 15.1. The average Bonchev–Trinajstić information content (AvgIpc) is 3.15. The number of hydrogen-bond acceptors (Lipinski definition) is 4. The third-order valence-corrected chi connectivity index (χ3v) is 5.91. The molecule has 1 saturated heterocycles. The summed E-state index contributed by atoms with van der Waals surface area (Å²) in [5.74, 6) is 0.139. The molecule has 1 aliphatic rings. The fourth-order valence-corrected chi connectivity index (χ4v) is 4.28. The van der Waals surface area contributed by atoms with Crippen LogP contribution in [0.5, 0.6) is 0 Å². The Hall–Kier alpha value is -1.82. The van der Waals surface area contributed by atoms with Crippen LogP contribution in [0.2, 0.25) is 0 Å². The normalized spacial score (nSPS) is 17.0. The number of benzene rings is 1. The van der Waals surface area contributed by atoms with E-state index in [2.05, 4.69) is 6.92 Å². The predicted molar refractivity (Wildman–Crippen MR) is 102 cm³/mol. The number of nitrogens with zero attached hydrogens (tertiary/aromatic N) is 3. The molecule has 0 radical (unpaired) electrons. The van der Waals surface area contributed by atoms with Gasteiger partial charge in [-0.15, -0.1) is 0 Å². The van der Waals surface area contributed by atoms with E-state index in [0.717, 1.165) is 32.4 Å². The molecule has 1 amide bonds. The Morgan fingerprint density at radius 2 is 1.92 bits per heavy atom. The number of rotatable bonds is 5. The van der Waals surface area contributed by atoms with E-state index in [9.17, 15) is 9.59 Å². The molecule has 0 aliphatic carbocycles. The molecule has 2 aromatic rings. The molecule has 134 valence electrons. The number of aromatic nitrogens is 2. The van der Waals surface area contributed by atoms with E-state index in [1.165, 1.54) is 11.8 Å². The molecule has 1 fully saturated rings. The molecule has 1 aromatic heterocycles. The first kappa shape index (κ1) is 18.0. The second kappa shape index (κ2) is 7.60. The van der Waals surface area contributed by atoms with E-state index >= 15 is 0 Å². The van der Waals surface area contributed by atoms with Crippen LogP contribution in [0, 0.1) is 0 Å². The Kier molecular flexibility index (Phi) is 5.47. The summed E-state index contributed by atoms with van der Waals surface area (Å²) in [4.78, 5) is 32.2. The first-order valence-electron chi connectivity index (χ1n) is 8.99. The van der Waals surface area contributed by atoms with Crippen LogP contribution in [0.1, 0.15) is 46.1 Å². The van der Waals surface area contributed by atoms with Crippen LogP contribution in [0.4, 0.5) is 0 Å². The summed E-state index contributed by atoms with van der Waals surface area (Å²) in [6, 6.07) is 7.46. The van der Waals surface area contributed by atoms with Gasteiger partial charge in [0.2, 0.25) is 5.91 Å². The summed E-state index contributed by atoms with van der Waals surface area (Å²) in [7, 11) is 0. The van der Waals surface area contributed by atoms with Crippen molar-refractivity contribution in [1.82, 2.24) is 14.5 Å². The van der Waals surface area contributed by atoms with Gasteiger partial charge in [-0.1, -0.05) is 30.8 Å². The van der Waals surface area contributed by atoms with E-state index in [0.29, 0.717) is 16.1 Å². The van der Waals surface area contributed by atoms with Crippen LogP contribution in [0.25, 0.3) is 10.9 Å². The SMILES string of the molecule is CC[C@@H](C)n1c(S[C@H](C)C(=O)N2CCCC2)nc2ccccc2c1=O. The molecule has 1 aliphatic heterocycles. The predicted octanol–water partition coefficient (Wildman–Crippen LogP) is 3.47. The molecule has 25 heavy (non-hydrogen) atoms. The third kappa shape index (κ3) is 3.59. The molecule has 5 nitrogen and oxygen atoms in total. The summed E-state index contributed by atoms with van der Waals surface area (Å²) in [6.07, 6.45) is 2.99. The Bertz CT molecular complexity index is 827. The number of likely N-dealkylation sites (tertiary alicyclic amines) is 1. The van der Waals surface area contributed by atoms with Gasteiger partial charge in [0, 0.05) is 19.1 Å². The number of carbonyl (C=O) groups excluding carboxylic acids is 1. The van der Waals surface area contributed by atoms with Gasteiger partial charge in [0.1, 0.15) is 0 Å². The minimum atomic E-state index is -0.249. The maximum absolute atomic E-state index is 13.0. The first-order valence-corrected chi connectivity index (χ1v) is 9.87. The number of amides is 1. The molecule has 0 saturated carbocycles. The number of para-hydroxylation sites is 1. The molecule has 0 N–H and O–H groups in total. The van der Waals surface area contributed by atoms with Crippen LogP contribution in [0.3, 0.4) is 0 Å². The second-order valence-corrected chi connectivity index (χ2v) is 7.94. The van der Waals surface area contributed by atoms with Crippen molar-refractivity contribution in [2.24, 2.45) is 0 Å². The van der Waals surface area contributed by atoms with Gasteiger partial charge in [0.25, 0.3) is 5.56 Å². The molecule has 1 aromatic carbocycles. The van der Waals surface area contributed by atoms with E-state index in [4.69, 9.17) is 4.98 Å². The molecular formula is C19H25N3O2S. The molecule has 3 rings (SSSR count). The van der Waals surface area contributed by atoms with Crippen LogP contribution >= 0.6 is 11.8 Å².